The Balaban J connectivity index is 1.97. The van der Waals surface area contributed by atoms with Crippen molar-refractivity contribution in [2.45, 2.75) is 32.7 Å². The summed E-state index contributed by atoms with van der Waals surface area (Å²) < 4.78 is 20.6. The third-order valence-electron chi connectivity index (χ3n) is 6.09. The minimum Gasteiger partial charge on any atom is -0.491 e. The molecule has 1 aliphatic heterocycles. The average molecular weight is 413 g/mol. The van der Waals surface area contributed by atoms with Gasteiger partial charge in [0, 0.05) is 24.7 Å². The molecule has 0 radical (unpaired) electrons. The number of hydrogen-bond donors (Lipinski definition) is 3. The van der Waals surface area contributed by atoms with Gasteiger partial charge in [0.1, 0.15) is 11.6 Å². The summed E-state index contributed by atoms with van der Waals surface area (Å²) in [4.78, 5) is 14.2. The second kappa shape index (κ2) is 7.65. The molecule has 3 rings (SSSR count). The van der Waals surface area contributed by atoms with Crippen molar-refractivity contribution < 1.29 is 13.9 Å². The van der Waals surface area contributed by atoms with Gasteiger partial charge in [0.2, 0.25) is 5.91 Å². The molecule has 160 valence electrons. The van der Waals surface area contributed by atoms with Gasteiger partial charge in [-0.15, -0.1) is 0 Å². The summed E-state index contributed by atoms with van der Waals surface area (Å²) in [6.07, 6.45) is 0.858. The summed E-state index contributed by atoms with van der Waals surface area (Å²) in [5.41, 5.74) is 12.6. The van der Waals surface area contributed by atoms with E-state index in [1.54, 1.807) is 32.9 Å². The van der Waals surface area contributed by atoms with E-state index in [2.05, 4.69) is 11.9 Å². The summed E-state index contributed by atoms with van der Waals surface area (Å²) in [6, 6.07) is 10.5. The van der Waals surface area contributed by atoms with Gasteiger partial charge in [0.05, 0.1) is 29.1 Å². The first-order valence-corrected chi connectivity index (χ1v) is 9.80. The van der Waals surface area contributed by atoms with E-state index in [0.717, 1.165) is 23.4 Å². The van der Waals surface area contributed by atoms with Crippen molar-refractivity contribution in [1.29, 1.82) is 0 Å². The molecule has 30 heavy (non-hydrogen) atoms. The molecule has 7 heteroatoms. The fourth-order valence-electron chi connectivity index (χ4n) is 3.58. The number of nitrogens with two attached hydrogens (primary N) is 2. The van der Waals surface area contributed by atoms with Crippen LogP contribution in [0, 0.1) is 11.2 Å². The number of amides is 1. The largest absolute Gasteiger partial charge is 0.491 e. The van der Waals surface area contributed by atoms with E-state index in [4.69, 9.17) is 16.2 Å². The molecule has 1 heterocycles. The quantitative estimate of drug-likeness (QED) is 0.674. The molecule has 1 amide bonds. The topological polar surface area (TPSA) is 93.6 Å². The molecule has 0 unspecified atom stereocenters. The SMILES string of the molecule is C=C(N)N(C)C(=O)C(C)(C)[C@](C)(N)c1cc(Nc2cccc3c2OCC3)ccc1F. The number of fused-ring (bicyclic) bond motifs is 1. The maximum absolute atomic E-state index is 14.9. The standard InChI is InChI=1S/C23H29FN4O2/c1-14(25)28(5)21(29)22(2,3)23(4,26)17-13-16(9-10-18(17)24)27-19-8-6-7-15-11-12-30-20(15)19/h6-10,13,27H,1,11-12,25-26H2,2-5H3/t23-/m1/s1. The highest BCUT2D eigenvalue weighted by atomic mass is 19.1. The first kappa shape index (κ1) is 21.6. The number of carbonyl (C=O) groups is 1. The van der Waals surface area contributed by atoms with E-state index in [0.29, 0.717) is 12.3 Å². The Morgan fingerprint density at radius 1 is 1.27 bits per heavy atom. The van der Waals surface area contributed by atoms with Gasteiger partial charge in [0.25, 0.3) is 0 Å². The number of nitrogens with one attached hydrogen (secondary N) is 1. The lowest BCUT2D eigenvalue weighted by Crippen LogP contribution is -2.56. The Kier molecular flexibility index (Phi) is 5.52. The zero-order valence-electron chi connectivity index (χ0n) is 17.9. The summed E-state index contributed by atoms with van der Waals surface area (Å²) in [7, 11) is 1.52. The lowest BCUT2D eigenvalue weighted by atomic mass is 9.68. The highest BCUT2D eigenvalue weighted by molar-refractivity contribution is 5.85. The maximum Gasteiger partial charge on any atom is 0.235 e. The van der Waals surface area contributed by atoms with E-state index in [1.165, 1.54) is 18.0 Å². The van der Waals surface area contributed by atoms with Crippen molar-refractivity contribution >= 4 is 17.3 Å². The van der Waals surface area contributed by atoms with Gasteiger partial charge in [0.15, 0.2) is 0 Å². The molecule has 0 spiro atoms. The summed E-state index contributed by atoms with van der Waals surface area (Å²) in [6.45, 7) is 9.22. The first-order chi connectivity index (χ1) is 14.0. The fraction of sp³-hybridized carbons (Fsp3) is 0.348. The lowest BCUT2D eigenvalue weighted by molar-refractivity contribution is -0.141. The smallest absolute Gasteiger partial charge is 0.235 e. The lowest BCUT2D eigenvalue weighted by Gasteiger charge is -2.42. The van der Waals surface area contributed by atoms with Crippen molar-refractivity contribution in [3.8, 4) is 5.75 Å². The molecule has 0 aliphatic carbocycles. The zero-order chi connectivity index (χ0) is 22.3. The van der Waals surface area contributed by atoms with Gasteiger partial charge in [-0.25, -0.2) is 4.39 Å². The second-order valence-electron chi connectivity index (χ2n) is 8.39. The molecule has 2 aromatic rings. The number of anilines is 2. The van der Waals surface area contributed by atoms with Crippen LogP contribution >= 0.6 is 0 Å². The van der Waals surface area contributed by atoms with Crippen LogP contribution in [0.5, 0.6) is 5.75 Å². The predicted molar refractivity (Wildman–Crippen MR) is 117 cm³/mol. The number of carbonyl (C=O) groups excluding carboxylic acids is 1. The van der Waals surface area contributed by atoms with E-state index in [9.17, 15) is 9.18 Å². The maximum atomic E-state index is 14.9. The Morgan fingerprint density at radius 2 is 1.97 bits per heavy atom. The fourth-order valence-corrected chi connectivity index (χ4v) is 3.58. The Hall–Kier alpha value is -3.06. The van der Waals surface area contributed by atoms with Crippen LogP contribution in [-0.2, 0) is 16.8 Å². The molecule has 0 aromatic heterocycles. The minimum absolute atomic E-state index is 0.0951. The highest BCUT2D eigenvalue weighted by Gasteiger charge is 2.48. The van der Waals surface area contributed by atoms with E-state index in [-0.39, 0.29) is 17.3 Å². The molecule has 1 atom stereocenters. The molecule has 5 N–H and O–H groups in total. The number of hydrogen-bond acceptors (Lipinski definition) is 5. The second-order valence-corrected chi connectivity index (χ2v) is 8.39. The monoisotopic (exact) mass is 412 g/mol. The van der Waals surface area contributed by atoms with Gasteiger partial charge in [-0.3, -0.25) is 4.79 Å². The molecule has 0 saturated heterocycles. The van der Waals surface area contributed by atoms with Gasteiger partial charge < -0.3 is 26.4 Å². The summed E-state index contributed by atoms with van der Waals surface area (Å²) in [5, 5.41) is 3.29. The average Bonchev–Trinajstić information content (AvgIpc) is 3.17. The molecule has 0 saturated carbocycles. The molecular formula is C23H29FN4O2. The van der Waals surface area contributed by atoms with Crippen LogP contribution in [0.2, 0.25) is 0 Å². The van der Waals surface area contributed by atoms with Crippen molar-refractivity contribution in [3.63, 3.8) is 0 Å². The number of benzene rings is 2. The number of para-hydroxylation sites is 1. The third kappa shape index (κ3) is 3.61. The molecule has 2 aromatic carbocycles. The number of ether oxygens (including phenoxy) is 1. The van der Waals surface area contributed by atoms with Crippen molar-refractivity contribution in [2.24, 2.45) is 16.9 Å². The molecule has 0 bridgehead atoms. The van der Waals surface area contributed by atoms with Crippen LogP contribution in [0.25, 0.3) is 0 Å². The van der Waals surface area contributed by atoms with Crippen molar-refractivity contribution in [3.05, 3.63) is 65.7 Å². The Bertz CT molecular complexity index is 1000. The van der Waals surface area contributed by atoms with Crippen LogP contribution in [0.15, 0.2) is 48.8 Å². The van der Waals surface area contributed by atoms with Gasteiger partial charge >= 0.3 is 0 Å². The van der Waals surface area contributed by atoms with E-state index >= 15 is 0 Å². The number of halogens is 1. The van der Waals surface area contributed by atoms with Crippen LogP contribution in [0.3, 0.4) is 0 Å². The summed E-state index contributed by atoms with van der Waals surface area (Å²) >= 11 is 0. The van der Waals surface area contributed by atoms with E-state index < -0.39 is 16.8 Å². The van der Waals surface area contributed by atoms with Crippen LogP contribution in [0.4, 0.5) is 15.8 Å². The van der Waals surface area contributed by atoms with Gasteiger partial charge in [-0.05, 0) is 50.6 Å². The minimum atomic E-state index is -1.33. The zero-order valence-corrected chi connectivity index (χ0v) is 17.9. The number of rotatable bonds is 6. The molecule has 0 fully saturated rings. The van der Waals surface area contributed by atoms with Crippen LogP contribution < -0.4 is 21.5 Å². The Morgan fingerprint density at radius 3 is 2.63 bits per heavy atom. The van der Waals surface area contributed by atoms with Gasteiger partial charge in [-0.1, -0.05) is 18.7 Å². The van der Waals surface area contributed by atoms with Crippen molar-refractivity contribution in [2.75, 3.05) is 19.0 Å². The van der Waals surface area contributed by atoms with Crippen LogP contribution in [0.1, 0.15) is 31.9 Å². The van der Waals surface area contributed by atoms with Crippen molar-refractivity contribution in [1.82, 2.24) is 4.90 Å². The normalized spacial score (nSPS) is 15.0. The predicted octanol–water partition coefficient (Wildman–Crippen LogP) is 3.59. The van der Waals surface area contributed by atoms with Gasteiger partial charge in [-0.2, -0.15) is 0 Å². The third-order valence-corrected chi connectivity index (χ3v) is 6.09. The first-order valence-electron chi connectivity index (χ1n) is 9.80. The van der Waals surface area contributed by atoms with Crippen LogP contribution in [-0.4, -0.2) is 24.5 Å². The molecule has 6 nitrogen and oxygen atoms in total. The van der Waals surface area contributed by atoms with E-state index in [1.807, 2.05) is 18.2 Å². The molecular weight excluding hydrogens is 383 g/mol. The summed E-state index contributed by atoms with van der Waals surface area (Å²) in [5.74, 6) is 0.0532. The molecule has 1 aliphatic rings. The number of nitrogens with zero attached hydrogens (tertiary/aromatic N) is 1. The highest BCUT2D eigenvalue weighted by Crippen LogP contribution is 2.42. The Labute approximate surface area is 176 Å².